The van der Waals surface area contributed by atoms with Gasteiger partial charge in [0.05, 0.1) is 11.3 Å². The number of pyridine rings is 1. The van der Waals surface area contributed by atoms with E-state index in [2.05, 4.69) is 29.1 Å². The maximum Gasteiger partial charge on any atom is 0.225 e. The van der Waals surface area contributed by atoms with Crippen molar-refractivity contribution in [1.82, 2.24) is 15.3 Å². The predicted octanol–water partition coefficient (Wildman–Crippen LogP) is 3.73. The number of hydrogen-bond donors (Lipinski definition) is 2. The number of nitrogens with two attached hydrogens (primary N) is 1. The Bertz CT molecular complexity index is 723. The number of carbonyl (C=O) groups excluding carboxylic acids is 1. The number of nitrogens with one attached hydrogen (secondary N) is 1. The topological polar surface area (TPSA) is 80.9 Å². The molecule has 1 fully saturated rings. The van der Waals surface area contributed by atoms with Gasteiger partial charge in [0, 0.05) is 26.4 Å². The second-order valence-corrected chi connectivity index (χ2v) is 7.70. The van der Waals surface area contributed by atoms with E-state index in [0.29, 0.717) is 28.4 Å². The maximum absolute atomic E-state index is 12.6. The molecule has 3 heterocycles. The fourth-order valence-corrected chi connectivity index (χ4v) is 4.18. The van der Waals surface area contributed by atoms with Crippen LogP contribution in [-0.2, 0) is 0 Å². The number of aromatic nitrogens is 2. The van der Waals surface area contributed by atoms with Crippen molar-refractivity contribution >= 4 is 22.9 Å². The van der Waals surface area contributed by atoms with Gasteiger partial charge >= 0.3 is 0 Å². The SMILES string of the molecule is CC(C)C[C@H]1CC(c2csc(C(=O)c3cccnc3N)n2)CCN1.[HH].[HH]. The summed E-state index contributed by atoms with van der Waals surface area (Å²) in [5, 5.41) is 6.13. The van der Waals surface area contributed by atoms with Crippen molar-refractivity contribution in [3.63, 3.8) is 0 Å². The van der Waals surface area contributed by atoms with Gasteiger partial charge in [-0.05, 0) is 43.9 Å². The Morgan fingerprint density at radius 2 is 2.38 bits per heavy atom. The van der Waals surface area contributed by atoms with Gasteiger partial charge in [-0.1, -0.05) is 13.8 Å². The molecular formula is C18H28N4OS. The van der Waals surface area contributed by atoms with Crippen molar-refractivity contribution in [2.24, 2.45) is 5.92 Å². The van der Waals surface area contributed by atoms with E-state index in [0.717, 1.165) is 25.1 Å². The van der Waals surface area contributed by atoms with Crippen LogP contribution in [0.2, 0.25) is 0 Å². The van der Waals surface area contributed by atoms with E-state index >= 15 is 0 Å². The molecule has 0 aliphatic carbocycles. The van der Waals surface area contributed by atoms with Crippen molar-refractivity contribution in [3.05, 3.63) is 40.0 Å². The normalized spacial score (nSPS) is 21.1. The quantitative estimate of drug-likeness (QED) is 0.805. The van der Waals surface area contributed by atoms with Gasteiger partial charge in [-0.2, -0.15) is 0 Å². The lowest BCUT2D eigenvalue weighted by Gasteiger charge is -2.30. The lowest BCUT2D eigenvalue weighted by Crippen LogP contribution is -2.38. The zero-order chi connectivity index (χ0) is 17.1. The number of rotatable bonds is 5. The van der Waals surface area contributed by atoms with Gasteiger partial charge in [0.1, 0.15) is 5.82 Å². The minimum Gasteiger partial charge on any atom is -0.383 e. The first-order valence-electron chi connectivity index (χ1n) is 8.48. The summed E-state index contributed by atoms with van der Waals surface area (Å²) < 4.78 is 0. The van der Waals surface area contributed by atoms with Crippen LogP contribution in [0.5, 0.6) is 0 Å². The van der Waals surface area contributed by atoms with Crippen molar-refractivity contribution < 1.29 is 7.65 Å². The number of carbonyl (C=O) groups is 1. The van der Waals surface area contributed by atoms with Crippen LogP contribution in [0.15, 0.2) is 23.7 Å². The highest BCUT2D eigenvalue weighted by Gasteiger charge is 2.26. The first-order chi connectivity index (χ1) is 11.5. The van der Waals surface area contributed by atoms with Crippen LogP contribution in [-0.4, -0.2) is 28.3 Å². The minimum atomic E-state index is -0.135. The Morgan fingerprint density at radius 3 is 3.12 bits per heavy atom. The van der Waals surface area contributed by atoms with Gasteiger partial charge in [-0.3, -0.25) is 4.79 Å². The third-order valence-electron chi connectivity index (χ3n) is 4.47. The number of nitrogens with zero attached hydrogens (tertiary/aromatic N) is 2. The molecule has 1 saturated heterocycles. The highest BCUT2D eigenvalue weighted by atomic mass is 32.1. The highest BCUT2D eigenvalue weighted by molar-refractivity contribution is 7.12. The van der Waals surface area contributed by atoms with Gasteiger partial charge < -0.3 is 11.1 Å². The lowest BCUT2D eigenvalue weighted by molar-refractivity contribution is 0.103. The van der Waals surface area contributed by atoms with Crippen LogP contribution in [0.1, 0.15) is 62.9 Å². The van der Waals surface area contributed by atoms with E-state index < -0.39 is 0 Å². The van der Waals surface area contributed by atoms with Gasteiger partial charge in [0.25, 0.3) is 0 Å². The molecule has 3 N–H and O–H groups in total. The third-order valence-corrected chi connectivity index (χ3v) is 5.33. The van der Waals surface area contributed by atoms with Gasteiger partial charge in [0.2, 0.25) is 5.78 Å². The van der Waals surface area contributed by atoms with E-state index in [1.165, 1.54) is 17.8 Å². The van der Waals surface area contributed by atoms with E-state index in [1.54, 1.807) is 18.3 Å². The molecule has 0 amide bonds. The average molecular weight is 349 g/mol. The molecule has 5 nitrogen and oxygen atoms in total. The van der Waals surface area contributed by atoms with E-state index in [1.807, 2.05) is 5.38 Å². The second kappa shape index (κ2) is 7.40. The lowest BCUT2D eigenvalue weighted by atomic mass is 9.87. The fraction of sp³-hybridized carbons (Fsp3) is 0.500. The molecule has 24 heavy (non-hydrogen) atoms. The van der Waals surface area contributed by atoms with Crippen molar-refractivity contribution in [2.75, 3.05) is 12.3 Å². The molecule has 6 heteroatoms. The molecule has 2 aromatic rings. The Morgan fingerprint density at radius 1 is 1.54 bits per heavy atom. The van der Waals surface area contributed by atoms with Crippen LogP contribution < -0.4 is 11.1 Å². The summed E-state index contributed by atoms with van der Waals surface area (Å²) in [4.78, 5) is 21.2. The Kier molecular flexibility index (Phi) is 5.26. The summed E-state index contributed by atoms with van der Waals surface area (Å²) in [5.41, 5.74) is 7.28. The number of piperidine rings is 1. The number of ketones is 1. The molecule has 1 aliphatic rings. The molecule has 0 radical (unpaired) electrons. The Labute approximate surface area is 149 Å². The van der Waals surface area contributed by atoms with Crippen molar-refractivity contribution in [3.8, 4) is 0 Å². The molecule has 1 unspecified atom stereocenters. The predicted molar refractivity (Wildman–Crippen MR) is 102 cm³/mol. The molecule has 132 valence electrons. The zero-order valence-electron chi connectivity index (χ0n) is 14.2. The molecule has 2 atom stereocenters. The maximum atomic E-state index is 12.6. The van der Waals surface area contributed by atoms with Gasteiger partial charge in [-0.25, -0.2) is 9.97 Å². The van der Waals surface area contributed by atoms with Gasteiger partial charge in [-0.15, -0.1) is 11.3 Å². The van der Waals surface area contributed by atoms with Crippen LogP contribution in [0.25, 0.3) is 0 Å². The minimum absolute atomic E-state index is 0. The highest BCUT2D eigenvalue weighted by Crippen LogP contribution is 2.31. The molecule has 0 aromatic carbocycles. The smallest absolute Gasteiger partial charge is 0.225 e. The van der Waals surface area contributed by atoms with Crippen LogP contribution in [0.3, 0.4) is 0 Å². The molecule has 1 aliphatic heterocycles. The third kappa shape index (κ3) is 3.82. The summed E-state index contributed by atoms with van der Waals surface area (Å²) >= 11 is 1.41. The van der Waals surface area contributed by atoms with E-state index in [4.69, 9.17) is 5.73 Å². The standard InChI is InChI=1S/C18H24N4OS.2H2/c1-11(2)8-13-9-12(5-7-20-13)15-10-24-18(22-15)16(23)14-4-3-6-21-17(14)19;;/h3-4,6,10-13,20H,5,7-9H2,1-2H3,(H2,19,21);2*1H/t12?,13-;;/m0../s1. The summed E-state index contributed by atoms with van der Waals surface area (Å²) in [7, 11) is 0. The Balaban J connectivity index is 0.00000169. The van der Waals surface area contributed by atoms with E-state index in [9.17, 15) is 4.79 Å². The zero-order valence-corrected chi connectivity index (χ0v) is 15.0. The number of hydrogen-bond acceptors (Lipinski definition) is 6. The van der Waals surface area contributed by atoms with Crippen molar-refractivity contribution in [1.29, 1.82) is 0 Å². The van der Waals surface area contributed by atoms with Crippen LogP contribution in [0.4, 0.5) is 5.82 Å². The number of anilines is 1. The largest absolute Gasteiger partial charge is 0.383 e. The molecule has 3 rings (SSSR count). The summed E-state index contributed by atoms with van der Waals surface area (Å²) in [5.74, 6) is 1.24. The van der Waals surface area contributed by atoms with Gasteiger partial charge in [0.15, 0.2) is 5.01 Å². The second-order valence-electron chi connectivity index (χ2n) is 6.84. The summed E-state index contributed by atoms with van der Waals surface area (Å²) in [6, 6.07) is 3.97. The van der Waals surface area contributed by atoms with Crippen LogP contribution in [0, 0.1) is 5.92 Å². The molecule has 2 aromatic heterocycles. The molecule has 0 saturated carbocycles. The monoisotopic (exact) mass is 348 g/mol. The average Bonchev–Trinajstić information content (AvgIpc) is 3.04. The summed E-state index contributed by atoms with van der Waals surface area (Å²) in [6.45, 7) is 5.52. The fourth-order valence-electron chi connectivity index (χ4n) is 3.33. The van der Waals surface area contributed by atoms with Crippen LogP contribution >= 0.6 is 11.3 Å². The first-order valence-corrected chi connectivity index (χ1v) is 9.36. The summed E-state index contributed by atoms with van der Waals surface area (Å²) in [6.07, 6.45) is 4.92. The molecular weight excluding hydrogens is 320 g/mol. The van der Waals surface area contributed by atoms with Crippen molar-refractivity contribution in [2.45, 2.75) is 45.1 Å². The molecule has 0 bridgehead atoms. The Hall–Kier alpha value is -1.79. The number of thiazole rings is 1. The first kappa shape index (κ1) is 17.0. The molecule has 0 spiro atoms. The number of nitrogen functional groups attached to an aromatic ring is 1. The van der Waals surface area contributed by atoms with E-state index in [-0.39, 0.29) is 14.5 Å².